The Balaban J connectivity index is 2.80. The summed E-state index contributed by atoms with van der Waals surface area (Å²) in [6.45, 7) is 1.18. The van der Waals surface area contributed by atoms with Gasteiger partial charge in [-0.3, -0.25) is 4.79 Å². The molecule has 4 nitrogen and oxygen atoms in total. The molecule has 1 unspecified atom stereocenters. The lowest BCUT2D eigenvalue weighted by atomic mass is 10.1. The van der Waals surface area contributed by atoms with Crippen molar-refractivity contribution < 1.29 is 23.4 Å². The van der Waals surface area contributed by atoms with Gasteiger partial charge in [0.25, 0.3) is 5.91 Å². The minimum atomic E-state index is -3.64. The van der Waals surface area contributed by atoms with Crippen LogP contribution in [0.15, 0.2) is 24.3 Å². The maximum Gasteiger partial charge on any atom is 0.349 e. The van der Waals surface area contributed by atoms with Crippen LogP contribution in [0.25, 0.3) is 0 Å². The number of hydrogen-bond acceptors (Lipinski definition) is 3. The second-order valence-corrected chi connectivity index (χ2v) is 3.86. The van der Waals surface area contributed by atoms with Crippen molar-refractivity contribution in [2.24, 2.45) is 0 Å². The molecule has 0 aliphatic carbocycles. The number of ether oxygens (including phenoxy) is 1. The predicted octanol–water partition coefficient (Wildman–Crippen LogP) is 1.28. The summed E-state index contributed by atoms with van der Waals surface area (Å²) in [5.74, 6) is -4.64. The fraction of sp³-hybridized carbons (Fsp3) is 0.417. The first kappa shape index (κ1) is 14.4. The number of rotatable bonds is 5. The highest BCUT2D eigenvalue weighted by molar-refractivity contribution is 5.84. The Bertz CT molecular complexity index is 404. The zero-order valence-electron chi connectivity index (χ0n) is 10.1. The predicted molar refractivity (Wildman–Crippen MR) is 61.6 cm³/mol. The average Bonchev–Trinajstić information content (AvgIpc) is 2.35. The number of aliphatic hydroxyl groups excluding tert-OH is 1. The third kappa shape index (κ3) is 3.40. The maximum absolute atomic E-state index is 13.7. The molecule has 0 saturated heterocycles. The third-order valence-electron chi connectivity index (χ3n) is 2.30. The number of aliphatic hydroxyl groups is 1. The van der Waals surface area contributed by atoms with Crippen LogP contribution in [0.5, 0.6) is 5.75 Å². The van der Waals surface area contributed by atoms with Gasteiger partial charge in [0, 0.05) is 12.1 Å². The summed E-state index contributed by atoms with van der Waals surface area (Å²) >= 11 is 0. The molecule has 0 aliphatic heterocycles. The van der Waals surface area contributed by atoms with E-state index in [1.165, 1.54) is 26.2 Å². The standard InChI is InChI=1S/C12H15F2NO3/c1-8(16)7-15-11(17)12(13,14)9-3-5-10(18-2)6-4-9/h3-6,8,16H,7H2,1-2H3,(H,15,17). The van der Waals surface area contributed by atoms with Crippen molar-refractivity contribution in [2.75, 3.05) is 13.7 Å². The number of methoxy groups -OCH3 is 1. The van der Waals surface area contributed by atoms with Crippen molar-refractivity contribution in [2.45, 2.75) is 19.0 Å². The second kappa shape index (κ2) is 5.77. The molecule has 100 valence electrons. The molecule has 6 heteroatoms. The van der Waals surface area contributed by atoms with E-state index in [2.05, 4.69) is 0 Å². The summed E-state index contributed by atoms with van der Waals surface area (Å²) in [5.41, 5.74) is -0.425. The number of alkyl halides is 2. The van der Waals surface area contributed by atoms with Crippen LogP contribution >= 0.6 is 0 Å². The third-order valence-corrected chi connectivity index (χ3v) is 2.30. The SMILES string of the molecule is COc1ccc(C(F)(F)C(=O)NCC(C)O)cc1. The van der Waals surface area contributed by atoms with Gasteiger partial charge < -0.3 is 15.2 Å². The minimum absolute atomic E-state index is 0.218. The van der Waals surface area contributed by atoms with Crippen molar-refractivity contribution in [3.05, 3.63) is 29.8 Å². The summed E-state index contributed by atoms with van der Waals surface area (Å²) in [6, 6.07) is 4.96. The lowest BCUT2D eigenvalue weighted by molar-refractivity contribution is -0.147. The first-order valence-corrected chi connectivity index (χ1v) is 5.36. The van der Waals surface area contributed by atoms with E-state index in [0.29, 0.717) is 5.75 Å². The molecular formula is C12H15F2NO3. The highest BCUT2D eigenvalue weighted by Gasteiger charge is 2.40. The number of amides is 1. The Morgan fingerprint density at radius 1 is 1.44 bits per heavy atom. The van der Waals surface area contributed by atoms with Crippen LogP contribution in [-0.2, 0) is 10.7 Å². The van der Waals surface area contributed by atoms with Crippen molar-refractivity contribution in [3.63, 3.8) is 0 Å². The topological polar surface area (TPSA) is 58.6 Å². The van der Waals surface area contributed by atoms with Crippen LogP contribution in [0, 0.1) is 0 Å². The van der Waals surface area contributed by atoms with Crippen LogP contribution < -0.4 is 10.1 Å². The molecule has 1 aromatic rings. The van der Waals surface area contributed by atoms with Gasteiger partial charge in [-0.05, 0) is 31.2 Å². The number of benzene rings is 1. The summed E-state index contributed by atoms with van der Waals surface area (Å²) in [5, 5.41) is 10.9. The lowest BCUT2D eigenvalue weighted by Gasteiger charge is -2.17. The molecule has 0 radical (unpaired) electrons. The van der Waals surface area contributed by atoms with Gasteiger partial charge in [0.2, 0.25) is 0 Å². The smallest absolute Gasteiger partial charge is 0.349 e. The first-order valence-electron chi connectivity index (χ1n) is 5.36. The Morgan fingerprint density at radius 3 is 2.44 bits per heavy atom. The minimum Gasteiger partial charge on any atom is -0.497 e. The quantitative estimate of drug-likeness (QED) is 0.837. The summed E-state index contributed by atoms with van der Waals surface area (Å²) < 4.78 is 32.2. The Labute approximate surface area is 104 Å². The molecule has 0 aromatic heterocycles. The molecule has 0 saturated carbocycles. The maximum atomic E-state index is 13.7. The van der Waals surface area contributed by atoms with Crippen molar-refractivity contribution >= 4 is 5.91 Å². The van der Waals surface area contributed by atoms with Crippen LogP contribution in [0.4, 0.5) is 8.78 Å². The van der Waals surface area contributed by atoms with Gasteiger partial charge in [-0.1, -0.05) is 0 Å². The second-order valence-electron chi connectivity index (χ2n) is 3.86. The molecule has 0 spiro atoms. The fourth-order valence-electron chi connectivity index (χ4n) is 1.28. The Hall–Kier alpha value is -1.69. The van der Waals surface area contributed by atoms with E-state index in [9.17, 15) is 13.6 Å². The first-order chi connectivity index (χ1) is 8.37. The largest absolute Gasteiger partial charge is 0.497 e. The van der Waals surface area contributed by atoms with Gasteiger partial charge in [0.1, 0.15) is 5.75 Å². The summed E-state index contributed by atoms with van der Waals surface area (Å²) in [6.07, 6.45) is -0.874. The van der Waals surface area contributed by atoms with Crippen molar-refractivity contribution in [1.29, 1.82) is 0 Å². The molecule has 0 fully saturated rings. The van der Waals surface area contributed by atoms with Gasteiger partial charge in [0.05, 0.1) is 13.2 Å². The van der Waals surface area contributed by atoms with E-state index < -0.39 is 23.5 Å². The average molecular weight is 259 g/mol. The fourth-order valence-corrected chi connectivity index (χ4v) is 1.28. The Kier molecular flexibility index (Phi) is 4.61. The summed E-state index contributed by atoms with van der Waals surface area (Å²) in [7, 11) is 1.42. The number of carbonyl (C=O) groups excluding carboxylic acids is 1. The van der Waals surface area contributed by atoms with Crippen LogP contribution in [0.1, 0.15) is 12.5 Å². The number of halogens is 2. The molecule has 1 aromatic carbocycles. The molecule has 0 bridgehead atoms. The van der Waals surface area contributed by atoms with E-state index in [0.717, 1.165) is 12.1 Å². The molecule has 0 aliphatic rings. The van der Waals surface area contributed by atoms with Crippen LogP contribution in [0.3, 0.4) is 0 Å². The molecule has 18 heavy (non-hydrogen) atoms. The molecular weight excluding hydrogens is 244 g/mol. The monoisotopic (exact) mass is 259 g/mol. The zero-order valence-corrected chi connectivity index (χ0v) is 10.1. The number of nitrogens with one attached hydrogen (secondary N) is 1. The molecule has 2 N–H and O–H groups in total. The Morgan fingerprint density at radius 2 is 2.00 bits per heavy atom. The highest BCUT2D eigenvalue weighted by Crippen LogP contribution is 2.29. The number of carbonyl (C=O) groups is 1. The lowest BCUT2D eigenvalue weighted by Crippen LogP contribution is -2.41. The van der Waals surface area contributed by atoms with Crippen molar-refractivity contribution in [1.82, 2.24) is 5.32 Å². The normalized spacial score (nSPS) is 12.9. The van der Waals surface area contributed by atoms with Crippen molar-refractivity contribution in [3.8, 4) is 5.75 Å². The van der Waals surface area contributed by atoms with Gasteiger partial charge in [-0.15, -0.1) is 0 Å². The van der Waals surface area contributed by atoms with E-state index in [4.69, 9.17) is 9.84 Å². The van der Waals surface area contributed by atoms with Gasteiger partial charge in [0.15, 0.2) is 0 Å². The molecule has 1 atom stereocenters. The zero-order chi connectivity index (χ0) is 13.8. The van der Waals surface area contributed by atoms with Crippen LogP contribution in [-0.4, -0.2) is 30.8 Å². The molecule has 1 rings (SSSR count). The van der Waals surface area contributed by atoms with E-state index in [-0.39, 0.29) is 6.54 Å². The van der Waals surface area contributed by atoms with Gasteiger partial charge in [-0.2, -0.15) is 8.78 Å². The van der Waals surface area contributed by atoms with E-state index in [1.807, 2.05) is 5.32 Å². The molecule has 1 amide bonds. The molecule has 0 heterocycles. The van der Waals surface area contributed by atoms with Gasteiger partial charge in [-0.25, -0.2) is 0 Å². The number of hydrogen-bond donors (Lipinski definition) is 2. The van der Waals surface area contributed by atoms with Gasteiger partial charge >= 0.3 is 5.92 Å². The summed E-state index contributed by atoms with van der Waals surface area (Å²) in [4.78, 5) is 11.3. The van der Waals surface area contributed by atoms with E-state index >= 15 is 0 Å². The highest BCUT2D eigenvalue weighted by atomic mass is 19.3. The van der Waals surface area contributed by atoms with Crippen LogP contribution in [0.2, 0.25) is 0 Å². The van der Waals surface area contributed by atoms with E-state index in [1.54, 1.807) is 0 Å².